The van der Waals surface area contributed by atoms with E-state index in [2.05, 4.69) is 81.4 Å². The van der Waals surface area contributed by atoms with Crippen LogP contribution in [0, 0.1) is 5.41 Å². The van der Waals surface area contributed by atoms with Crippen molar-refractivity contribution >= 4 is 50.7 Å². The van der Waals surface area contributed by atoms with Crippen LogP contribution >= 0.6 is 0 Å². The molecule has 4 heterocycles. The molecule has 1 aromatic rings. The number of amidine groups is 1. The summed E-state index contributed by atoms with van der Waals surface area (Å²) in [5.74, 6) is 0. The molecule has 6 heteroatoms. The zero-order valence-electron chi connectivity index (χ0n) is 21.1. The topological polar surface area (TPSA) is 31.5 Å². The molecule has 1 aromatic heterocycles. The van der Waals surface area contributed by atoms with E-state index in [1.54, 1.807) is 0 Å². The van der Waals surface area contributed by atoms with Crippen molar-refractivity contribution in [2.24, 2.45) is 10.4 Å². The van der Waals surface area contributed by atoms with Crippen LogP contribution in [0.25, 0.3) is 6.08 Å². The summed E-state index contributed by atoms with van der Waals surface area (Å²) < 4.78 is 8.04. The fraction of sp³-hybridized carbons (Fsp3) is 0.593. The number of aromatic nitrogens is 1. The molecule has 0 atom stereocenters. The Bertz CT molecular complexity index is 1010. The molecule has 0 radical (unpaired) electrons. The molecule has 0 aromatic carbocycles. The van der Waals surface area contributed by atoms with Crippen molar-refractivity contribution in [1.29, 1.82) is 0 Å². The molecule has 2 fully saturated rings. The molecule has 2 saturated heterocycles. The molecule has 4 rings (SSSR count). The number of hydrogen-bond donors (Lipinski definition) is 0. The Morgan fingerprint density at radius 1 is 0.879 bits per heavy atom. The van der Waals surface area contributed by atoms with Gasteiger partial charge in [-0.1, -0.05) is 0 Å². The molecule has 178 valence electrons. The normalized spacial score (nSPS) is 21.6. The summed E-state index contributed by atoms with van der Waals surface area (Å²) in [5.41, 5.74) is 2.72. The van der Waals surface area contributed by atoms with Gasteiger partial charge in [0, 0.05) is 0 Å². The van der Waals surface area contributed by atoms with Crippen molar-refractivity contribution in [2.75, 3.05) is 31.1 Å². The van der Waals surface area contributed by atoms with Gasteiger partial charge in [0.2, 0.25) is 0 Å². The van der Waals surface area contributed by atoms with Crippen molar-refractivity contribution in [3.63, 3.8) is 0 Å². The van der Waals surface area contributed by atoms with Gasteiger partial charge in [0.1, 0.15) is 0 Å². The van der Waals surface area contributed by atoms with E-state index in [9.17, 15) is 0 Å². The Morgan fingerprint density at radius 2 is 1.58 bits per heavy atom. The van der Waals surface area contributed by atoms with E-state index in [4.69, 9.17) is 9.98 Å². The number of nitrogens with zero attached hydrogens (tertiary/aromatic N) is 4. The molecular weight excluding hydrogens is 538 g/mol. The molecular formula is C27H39N4Se2+. The number of rotatable bonds is 4. The minimum absolute atomic E-state index is 0.0842. The van der Waals surface area contributed by atoms with Gasteiger partial charge in [0.25, 0.3) is 0 Å². The summed E-state index contributed by atoms with van der Waals surface area (Å²) >= 11 is 0.631. The Balaban J connectivity index is 1.51. The third kappa shape index (κ3) is 6.09. The summed E-state index contributed by atoms with van der Waals surface area (Å²) in [7, 11) is 0. The average Bonchev–Trinajstić information content (AvgIpc) is 3.52. The molecule has 4 nitrogen and oxygen atoms in total. The molecule has 0 bridgehead atoms. The molecule has 33 heavy (non-hydrogen) atoms. The second-order valence-electron chi connectivity index (χ2n) is 11.2. The van der Waals surface area contributed by atoms with Crippen LogP contribution in [-0.2, 0) is 5.41 Å². The standard InChI is InChI=1S/C27H39N4Se2/c1-26(2,3)22-20(32-24(28-22)30-16-10-11-17-30)14-8-7-9-15-21-23(27(4,5)6)29-25(33-21)31-18-12-13-19-31/h7-9,14-15H,10-13,16-19H2,1-6H3/q+1. The summed E-state index contributed by atoms with van der Waals surface area (Å²) in [5, 5.41) is 0. The van der Waals surface area contributed by atoms with Crippen molar-refractivity contribution in [3.8, 4) is 0 Å². The van der Waals surface area contributed by atoms with Crippen LogP contribution in [0.15, 0.2) is 33.8 Å². The first-order valence-corrected chi connectivity index (χ1v) is 15.8. The first kappa shape index (κ1) is 24.9. The summed E-state index contributed by atoms with van der Waals surface area (Å²) in [6, 6.07) is 0. The van der Waals surface area contributed by atoms with Crippen molar-refractivity contribution in [2.45, 2.75) is 72.6 Å². The minimum atomic E-state index is 0.0842. The Labute approximate surface area is 212 Å². The van der Waals surface area contributed by atoms with Crippen molar-refractivity contribution in [3.05, 3.63) is 38.9 Å². The second kappa shape index (κ2) is 10.2. The summed E-state index contributed by atoms with van der Waals surface area (Å²) in [4.78, 5) is 12.7. The average molecular weight is 578 g/mol. The van der Waals surface area contributed by atoms with Crippen LogP contribution in [-0.4, -0.2) is 75.6 Å². The quantitative estimate of drug-likeness (QED) is 0.291. The molecule has 0 aliphatic carbocycles. The van der Waals surface area contributed by atoms with Crippen LogP contribution in [0.2, 0.25) is 0 Å². The molecule has 0 unspecified atom stereocenters. The van der Waals surface area contributed by atoms with Gasteiger partial charge in [-0.15, -0.1) is 0 Å². The Kier molecular flexibility index (Phi) is 7.70. The van der Waals surface area contributed by atoms with Gasteiger partial charge in [-0.2, -0.15) is 0 Å². The van der Waals surface area contributed by atoms with Crippen LogP contribution in [0.4, 0.5) is 4.69 Å². The number of allylic oxidation sites excluding steroid dienone is 5. The number of aliphatic imine (C=N–C) groups is 1. The predicted octanol–water partition coefficient (Wildman–Crippen LogP) is 4.86. The van der Waals surface area contributed by atoms with E-state index >= 15 is 0 Å². The molecule has 3 aliphatic heterocycles. The van der Waals surface area contributed by atoms with Crippen molar-refractivity contribution < 1.29 is 4.58 Å². The first-order valence-electron chi connectivity index (χ1n) is 12.3. The van der Waals surface area contributed by atoms with Gasteiger partial charge >= 0.3 is 213 Å². The maximum atomic E-state index is 5.11. The number of anilines is 1. The molecule has 0 N–H and O–H groups in total. The molecule has 0 saturated carbocycles. The number of hydrogen-bond acceptors (Lipinski definition) is 2. The van der Waals surface area contributed by atoms with Crippen LogP contribution in [0.3, 0.4) is 0 Å². The molecule has 3 aliphatic rings. The Morgan fingerprint density at radius 3 is 2.21 bits per heavy atom. The molecule has 0 amide bonds. The van der Waals surface area contributed by atoms with E-state index in [1.807, 2.05) is 0 Å². The predicted molar refractivity (Wildman–Crippen MR) is 144 cm³/mol. The van der Waals surface area contributed by atoms with Gasteiger partial charge in [-0.3, -0.25) is 0 Å². The van der Waals surface area contributed by atoms with Crippen LogP contribution in [0.5, 0.6) is 0 Å². The van der Waals surface area contributed by atoms with Crippen LogP contribution in [0.1, 0.15) is 77.4 Å². The van der Waals surface area contributed by atoms with Crippen LogP contribution < -0.4 is 4.90 Å². The second-order valence-corrected chi connectivity index (χ2v) is 15.5. The fourth-order valence-corrected chi connectivity index (χ4v) is 9.58. The van der Waals surface area contributed by atoms with Gasteiger partial charge in [-0.05, 0) is 0 Å². The first-order chi connectivity index (χ1) is 15.6. The van der Waals surface area contributed by atoms with E-state index in [0.717, 1.165) is 0 Å². The molecule has 0 spiro atoms. The van der Waals surface area contributed by atoms with E-state index in [1.165, 1.54) is 81.6 Å². The Hall–Kier alpha value is -1.19. The summed E-state index contributed by atoms with van der Waals surface area (Å²) in [6.07, 6.45) is 16.5. The monoisotopic (exact) mass is 579 g/mol. The van der Waals surface area contributed by atoms with E-state index in [-0.39, 0.29) is 10.8 Å². The van der Waals surface area contributed by atoms with Gasteiger partial charge in [-0.25, -0.2) is 0 Å². The van der Waals surface area contributed by atoms with Gasteiger partial charge in [0.15, 0.2) is 0 Å². The zero-order chi connectivity index (χ0) is 23.6. The van der Waals surface area contributed by atoms with Gasteiger partial charge in [0.05, 0.1) is 0 Å². The third-order valence-corrected chi connectivity index (χ3v) is 10.7. The maximum absolute atomic E-state index is 5.11. The fourth-order valence-electron chi connectivity index (χ4n) is 4.38. The van der Waals surface area contributed by atoms with Crippen molar-refractivity contribution in [1.82, 2.24) is 4.98 Å². The SMILES string of the molecule is CC(C)(C)C1=NC(=[N+]2CCCC2)[Se]/C1=C/C=C/C=C/c1[se]c(N2CCCC2)nc1C(C)(C)C. The van der Waals surface area contributed by atoms with E-state index in [0.29, 0.717) is 29.5 Å². The summed E-state index contributed by atoms with van der Waals surface area (Å²) in [6.45, 7) is 18.4. The zero-order valence-corrected chi connectivity index (χ0v) is 24.6. The third-order valence-electron chi connectivity index (χ3n) is 6.18. The van der Waals surface area contributed by atoms with E-state index < -0.39 is 0 Å². The van der Waals surface area contributed by atoms with Gasteiger partial charge < -0.3 is 0 Å².